The Hall–Kier alpha value is -3.41. The van der Waals surface area contributed by atoms with Gasteiger partial charge in [-0.05, 0) is 97.7 Å². The second-order valence-electron chi connectivity index (χ2n) is 11.5. The summed E-state index contributed by atoms with van der Waals surface area (Å²) in [6.45, 7) is 11.6. The average molecular weight is 520 g/mol. The minimum Gasteiger partial charge on any atom is -0.399 e. The molecule has 2 aliphatic heterocycles. The van der Waals surface area contributed by atoms with E-state index in [9.17, 15) is 0 Å². The fourth-order valence-corrected chi connectivity index (χ4v) is 6.48. The molecule has 2 fully saturated rings. The van der Waals surface area contributed by atoms with Crippen LogP contribution in [0.3, 0.4) is 0 Å². The summed E-state index contributed by atoms with van der Waals surface area (Å²) >= 11 is 0. The minimum atomic E-state index is 0.586. The summed E-state index contributed by atoms with van der Waals surface area (Å²) < 4.78 is 2.26. The number of hydrogen-bond acceptors (Lipinski definition) is 4. The first-order valence-electron chi connectivity index (χ1n) is 14.6. The lowest BCUT2D eigenvalue weighted by Gasteiger charge is -2.32. The molecule has 0 saturated carbocycles. The van der Waals surface area contributed by atoms with Gasteiger partial charge in [0.25, 0.3) is 0 Å². The van der Waals surface area contributed by atoms with Gasteiger partial charge >= 0.3 is 0 Å². The maximum atomic E-state index is 5.83. The second-order valence-corrected chi connectivity index (χ2v) is 11.5. The highest BCUT2D eigenvalue weighted by Gasteiger charge is 2.23. The molecule has 0 unspecified atom stereocenters. The van der Waals surface area contributed by atoms with E-state index in [0.717, 1.165) is 43.9 Å². The van der Waals surface area contributed by atoms with Gasteiger partial charge in [0, 0.05) is 43.1 Å². The van der Waals surface area contributed by atoms with Crippen molar-refractivity contribution >= 4 is 16.7 Å². The Bertz CT molecular complexity index is 1410. The Morgan fingerprint density at radius 2 is 1.49 bits per heavy atom. The van der Waals surface area contributed by atoms with E-state index < -0.39 is 0 Å². The number of rotatable bonds is 8. The lowest BCUT2D eigenvalue weighted by Crippen LogP contribution is -2.32. The van der Waals surface area contributed by atoms with Gasteiger partial charge in [-0.2, -0.15) is 0 Å². The second kappa shape index (κ2) is 11.8. The molecule has 5 nitrogen and oxygen atoms in total. The van der Waals surface area contributed by atoms with Crippen LogP contribution in [-0.4, -0.2) is 45.5 Å². The van der Waals surface area contributed by atoms with Crippen molar-refractivity contribution in [2.45, 2.75) is 57.7 Å². The Morgan fingerprint density at radius 3 is 2.18 bits per heavy atom. The smallest absolute Gasteiger partial charge is 0.140 e. The van der Waals surface area contributed by atoms with Gasteiger partial charge in [-0.3, -0.25) is 9.80 Å². The monoisotopic (exact) mass is 519 g/mol. The van der Waals surface area contributed by atoms with Crippen LogP contribution in [0.2, 0.25) is 0 Å². The molecule has 0 amide bonds. The topological polar surface area (TPSA) is 50.3 Å². The van der Waals surface area contributed by atoms with Gasteiger partial charge in [0.15, 0.2) is 0 Å². The van der Waals surface area contributed by atoms with Crippen LogP contribution in [0, 0.1) is 0 Å². The van der Waals surface area contributed by atoms with Crippen molar-refractivity contribution in [3.63, 3.8) is 0 Å². The van der Waals surface area contributed by atoms with Gasteiger partial charge in [0.2, 0.25) is 0 Å². The molecule has 0 bridgehead atoms. The van der Waals surface area contributed by atoms with E-state index in [1.807, 2.05) is 18.3 Å². The van der Waals surface area contributed by atoms with Gasteiger partial charge in [0.05, 0.1) is 0 Å². The molecule has 2 aliphatic rings. The summed E-state index contributed by atoms with van der Waals surface area (Å²) in [6, 6.07) is 22.1. The summed E-state index contributed by atoms with van der Waals surface area (Å²) in [4.78, 5) is 10.0. The van der Waals surface area contributed by atoms with Crippen LogP contribution in [0.5, 0.6) is 0 Å². The van der Waals surface area contributed by atoms with Gasteiger partial charge in [0.1, 0.15) is 5.65 Å². The number of pyridine rings is 1. The minimum absolute atomic E-state index is 0.586. The van der Waals surface area contributed by atoms with E-state index in [1.165, 1.54) is 72.8 Å². The molecule has 0 radical (unpaired) electrons. The molecule has 5 heteroatoms. The Balaban J connectivity index is 1.08. The number of nitrogens with two attached hydrogens (primary N) is 1. The molecule has 0 atom stereocenters. The zero-order chi connectivity index (χ0) is 26.6. The Labute approximate surface area is 232 Å². The van der Waals surface area contributed by atoms with Crippen molar-refractivity contribution in [3.8, 4) is 0 Å². The maximum Gasteiger partial charge on any atom is 0.140 e. The highest BCUT2D eigenvalue weighted by atomic mass is 15.1. The van der Waals surface area contributed by atoms with Crippen LogP contribution >= 0.6 is 0 Å². The molecule has 2 saturated heterocycles. The molecule has 0 aliphatic carbocycles. The highest BCUT2D eigenvalue weighted by Crippen LogP contribution is 2.33. The quantitative estimate of drug-likeness (QED) is 0.293. The van der Waals surface area contributed by atoms with Crippen molar-refractivity contribution in [1.82, 2.24) is 19.4 Å². The number of aromatic nitrogens is 2. The first-order chi connectivity index (χ1) is 19.1. The van der Waals surface area contributed by atoms with Crippen LogP contribution in [0.25, 0.3) is 16.7 Å². The largest absolute Gasteiger partial charge is 0.399 e. The molecule has 0 spiro atoms. The van der Waals surface area contributed by atoms with E-state index in [2.05, 4.69) is 75.7 Å². The summed E-state index contributed by atoms with van der Waals surface area (Å²) in [6.07, 6.45) is 10.7. The molecule has 2 aromatic heterocycles. The molecule has 202 valence electrons. The third kappa shape index (κ3) is 6.10. The number of hydrogen-bond donors (Lipinski definition) is 1. The first kappa shape index (κ1) is 25.8. The zero-order valence-corrected chi connectivity index (χ0v) is 23.1. The third-order valence-electron chi connectivity index (χ3n) is 8.65. The normalized spacial score (nSPS) is 17.5. The molecule has 2 aromatic carbocycles. The van der Waals surface area contributed by atoms with E-state index in [0.29, 0.717) is 11.6 Å². The molecular weight excluding hydrogens is 478 g/mol. The van der Waals surface area contributed by atoms with Gasteiger partial charge < -0.3 is 10.3 Å². The molecule has 2 N–H and O–H groups in total. The van der Waals surface area contributed by atoms with Crippen LogP contribution < -0.4 is 5.73 Å². The predicted molar refractivity (Wildman–Crippen MR) is 161 cm³/mol. The van der Waals surface area contributed by atoms with Gasteiger partial charge in [-0.15, -0.1) is 0 Å². The van der Waals surface area contributed by atoms with Crippen LogP contribution in [0.4, 0.5) is 0 Å². The third-order valence-corrected chi connectivity index (χ3v) is 8.65. The van der Waals surface area contributed by atoms with Gasteiger partial charge in [-0.1, -0.05) is 61.5 Å². The van der Waals surface area contributed by atoms with Crippen molar-refractivity contribution in [2.24, 2.45) is 5.73 Å². The Kier molecular flexibility index (Phi) is 7.80. The molecule has 4 heterocycles. The molecular formula is C34H41N5. The number of likely N-dealkylation sites (tertiary alicyclic amines) is 2. The SMILES string of the molecule is C=C(N)c1ccc(Cn2ccc3c(C4CCN(Cc5cccc(CN6CCCCC6)c5)CC4)ccnc32)cc1. The fraction of sp³-hybridized carbons (Fsp3) is 0.382. The molecule has 39 heavy (non-hydrogen) atoms. The average Bonchev–Trinajstić information content (AvgIpc) is 3.37. The fourth-order valence-electron chi connectivity index (χ4n) is 6.48. The van der Waals surface area contributed by atoms with Crippen LogP contribution in [-0.2, 0) is 19.6 Å². The maximum absolute atomic E-state index is 5.83. The standard InChI is InChI=1S/C34H41N5/c1-26(35)30-10-8-27(9-11-30)25-39-21-15-33-32(12-16-36-34(33)39)31-13-19-38(20-14-31)24-29-7-5-6-28(22-29)23-37-17-3-2-4-18-37/h5-12,15-16,21-22,31H,1-4,13-14,17-20,23-25,35H2. The Morgan fingerprint density at radius 1 is 0.795 bits per heavy atom. The van der Waals surface area contributed by atoms with Crippen molar-refractivity contribution in [2.75, 3.05) is 26.2 Å². The van der Waals surface area contributed by atoms with E-state index in [4.69, 9.17) is 10.7 Å². The van der Waals surface area contributed by atoms with Crippen molar-refractivity contribution < 1.29 is 0 Å². The predicted octanol–water partition coefficient (Wildman–Crippen LogP) is 6.38. The first-order valence-corrected chi connectivity index (χ1v) is 14.6. The van der Waals surface area contributed by atoms with E-state index in [-0.39, 0.29) is 0 Å². The van der Waals surface area contributed by atoms with Crippen LogP contribution in [0.1, 0.15) is 65.8 Å². The number of piperidine rings is 2. The number of benzene rings is 2. The molecule has 6 rings (SSSR count). The summed E-state index contributed by atoms with van der Waals surface area (Å²) in [5, 5.41) is 1.30. The zero-order valence-electron chi connectivity index (χ0n) is 23.1. The van der Waals surface area contributed by atoms with Crippen molar-refractivity contribution in [3.05, 3.63) is 107 Å². The highest BCUT2D eigenvalue weighted by molar-refractivity contribution is 5.80. The van der Waals surface area contributed by atoms with E-state index >= 15 is 0 Å². The molecule has 4 aromatic rings. The van der Waals surface area contributed by atoms with E-state index in [1.54, 1.807) is 0 Å². The summed E-state index contributed by atoms with van der Waals surface area (Å²) in [5.41, 5.74) is 14.1. The summed E-state index contributed by atoms with van der Waals surface area (Å²) in [7, 11) is 0. The number of nitrogens with zero attached hydrogens (tertiary/aromatic N) is 4. The van der Waals surface area contributed by atoms with Crippen molar-refractivity contribution in [1.29, 1.82) is 0 Å². The van der Waals surface area contributed by atoms with Crippen LogP contribution in [0.15, 0.2) is 79.6 Å². The number of fused-ring (bicyclic) bond motifs is 1. The summed E-state index contributed by atoms with van der Waals surface area (Å²) in [5.74, 6) is 0.586. The lowest BCUT2D eigenvalue weighted by molar-refractivity contribution is 0.204. The van der Waals surface area contributed by atoms with Gasteiger partial charge in [-0.25, -0.2) is 4.98 Å². The lowest BCUT2D eigenvalue weighted by atomic mass is 9.88.